The van der Waals surface area contributed by atoms with Gasteiger partial charge < -0.3 is 9.73 Å². The zero-order valence-corrected chi connectivity index (χ0v) is 11.5. The first-order valence-corrected chi connectivity index (χ1v) is 6.14. The van der Waals surface area contributed by atoms with Crippen LogP contribution in [0.25, 0.3) is 0 Å². The van der Waals surface area contributed by atoms with Crippen LogP contribution in [0.5, 0.6) is 0 Å². The van der Waals surface area contributed by atoms with Gasteiger partial charge in [0.2, 0.25) is 0 Å². The highest BCUT2D eigenvalue weighted by molar-refractivity contribution is 6.31. The van der Waals surface area contributed by atoms with Crippen molar-refractivity contribution in [2.24, 2.45) is 0 Å². The van der Waals surface area contributed by atoms with Gasteiger partial charge in [0.1, 0.15) is 11.6 Å². The molecule has 1 amide bonds. The van der Waals surface area contributed by atoms with Crippen LogP contribution in [0, 0.1) is 19.7 Å². The number of carbonyl (C=O) groups excluding carboxylic acids is 1. The highest BCUT2D eigenvalue weighted by atomic mass is 35.5. The predicted molar refractivity (Wildman–Crippen MR) is 73.8 cm³/mol. The number of nitrogens with one attached hydrogen (secondary N) is 1. The van der Waals surface area contributed by atoms with Crippen molar-refractivity contribution in [2.75, 3.05) is 5.32 Å². The Hall–Kier alpha value is -2.14. The molecule has 6 heteroatoms. The van der Waals surface area contributed by atoms with Crippen LogP contribution in [-0.2, 0) is 0 Å². The maximum atomic E-state index is 13.0. The van der Waals surface area contributed by atoms with E-state index in [1.807, 2.05) is 0 Å². The number of carbonyl (C=O) groups is 1. The van der Waals surface area contributed by atoms with Gasteiger partial charge in [0, 0.05) is 11.8 Å². The average Bonchev–Trinajstić information content (AvgIpc) is 2.32. The fourth-order valence-electron chi connectivity index (χ4n) is 1.86. The minimum absolute atomic E-state index is 0.0872. The summed E-state index contributed by atoms with van der Waals surface area (Å²) in [4.78, 5) is 23.3. The molecule has 0 atom stereocenters. The summed E-state index contributed by atoms with van der Waals surface area (Å²) in [6.07, 6.45) is 0. The quantitative estimate of drug-likeness (QED) is 0.924. The minimum atomic E-state index is -0.567. The third kappa shape index (κ3) is 2.88. The summed E-state index contributed by atoms with van der Waals surface area (Å²) >= 11 is 5.64. The second-order valence-electron chi connectivity index (χ2n) is 4.26. The molecule has 1 heterocycles. The lowest BCUT2D eigenvalue weighted by Crippen LogP contribution is -2.17. The van der Waals surface area contributed by atoms with Crippen LogP contribution in [0.15, 0.2) is 33.5 Å². The van der Waals surface area contributed by atoms with Gasteiger partial charge in [0.25, 0.3) is 5.91 Å². The number of hydrogen-bond donors (Lipinski definition) is 1. The lowest BCUT2D eigenvalue weighted by Gasteiger charge is -2.09. The molecule has 0 saturated carbocycles. The van der Waals surface area contributed by atoms with Crippen LogP contribution in [-0.4, -0.2) is 5.91 Å². The fraction of sp³-hybridized carbons (Fsp3) is 0.143. The molecule has 0 aliphatic heterocycles. The van der Waals surface area contributed by atoms with Crippen molar-refractivity contribution >= 4 is 23.2 Å². The molecule has 20 heavy (non-hydrogen) atoms. The van der Waals surface area contributed by atoms with Crippen molar-refractivity contribution in [1.29, 1.82) is 0 Å². The Morgan fingerprint density at radius 1 is 1.30 bits per heavy atom. The van der Waals surface area contributed by atoms with Gasteiger partial charge in [-0.05, 0) is 37.6 Å². The summed E-state index contributed by atoms with van der Waals surface area (Å²) in [6, 6.07) is 5.09. The van der Waals surface area contributed by atoms with Gasteiger partial charge in [-0.2, -0.15) is 0 Å². The highest BCUT2D eigenvalue weighted by Gasteiger charge is 2.15. The number of aryl methyl sites for hydroxylation is 2. The van der Waals surface area contributed by atoms with Gasteiger partial charge >= 0.3 is 5.63 Å². The summed E-state index contributed by atoms with van der Waals surface area (Å²) in [6.45, 7) is 3.16. The second-order valence-corrected chi connectivity index (χ2v) is 4.67. The molecular weight excluding hydrogens is 285 g/mol. The van der Waals surface area contributed by atoms with E-state index in [0.717, 1.165) is 6.07 Å². The molecule has 0 unspecified atom stereocenters. The molecule has 1 N–H and O–H groups in total. The lowest BCUT2D eigenvalue weighted by molar-refractivity contribution is 0.102. The molecular formula is C14H11ClFNO3. The lowest BCUT2D eigenvalue weighted by atomic mass is 10.1. The van der Waals surface area contributed by atoms with E-state index >= 15 is 0 Å². The van der Waals surface area contributed by atoms with Gasteiger partial charge in [0.05, 0.1) is 10.6 Å². The molecule has 0 bridgehead atoms. The Kier molecular flexibility index (Phi) is 3.90. The summed E-state index contributed by atoms with van der Waals surface area (Å²) in [5, 5.41) is 2.49. The summed E-state index contributed by atoms with van der Waals surface area (Å²) in [5.41, 5.74) is 0.613. The summed E-state index contributed by atoms with van der Waals surface area (Å²) in [7, 11) is 0. The number of amides is 1. The number of anilines is 1. The molecule has 1 aromatic heterocycles. The molecule has 1 aromatic carbocycles. The van der Waals surface area contributed by atoms with E-state index in [1.165, 1.54) is 25.1 Å². The monoisotopic (exact) mass is 295 g/mol. The first-order chi connectivity index (χ1) is 9.38. The Morgan fingerprint density at radius 2 is 2.00 bits per heavy atom. The maximum Gasteiger partial charge on any atom is 0.336 e. The average molecular weight is 296 g/mol. The largest absolute Gasteiger partial charge is 0.427 e. The van der Waals surface area contributed by atoms with Gasteiger partial charge in [-0.15, -0.1) is 0 Å². The molecule has 2 aromatic rings. The van der Waals surface area contributed by atoms with Gasteiger partial charge in [-0.3, -0.25) is 4.79 Å². The number of halogens is 2. The second kappa shape index (κ2) is 5.46. The van der Waals surface area contributed by atoms with Crippen molar-refractivity contribution in [3.8, 4) is 0 Å². The molecule has 4 nitrogen and oxygen atoms in total. The summed E-state index contributed by atoms with van der Waals surface area (Å²) < 4.78 is 17.9. The molecule has 0 aliphatic carbocycles. The van der Waals surface area contributed by atoms with Gasteiger partial charge in [-0.25, -0.2) is 9.18 Å². The third-order valence-electron chi connectivity index (χ3n) is 2.74. The molecule has 0 saturated heterocycles. The number of benzene rings is 1. The van der Waals surface area contributed by atoms with Crippen molar-refractivity contribution in [3.05, 3.63) is 62.4 Å². The van der Waals surface area contributed by atoms with Crippen LogP contribution in [0.2, 0.25) is 5.02 Å². The predicted octanol–water partition coefficient (Wildman–Crippen LogP) is 3.30. The zero-order valence-electron chi connectivity index (χ0n) is 10.8. The number of rotatable bonds is 2. The Morgan fingerprint density at radius 3 is 2.60 bits per heavy atom. The van der Waals surface area contributed by atoms with E-state index in [2.05, 4.69) is 5.32 Å². The van der Waals surface area contributed by atoms with E-state index in [1.54, 1.807) is 6.92 Å². The Labute approximate surface area is 119 Å². The molecule has 0 aliphatic rings. The van der Waals surface area contributed by atoms with Crippen LogP contribution in [0.3, 0.4) is 0 Å². The maximum absolute atomic E-state index is 13.0. The van der Waals surface area contributed by atoms with Crippen molar-refractivity contribution in [1.82, 2.24) is 0 Å². The van der Waals surface area contributed by atoms with E-state index in [0.29, 0.717) is 11.3 Å². The van der Waals surface area contributed by atoms with E-state index in [4.69, 9.17) is 16.0 Å². The van der Waals surface area contributed by atoms with Gasteiger partial charge in [-0.1, -0.05) is 11.6 Å². The summed E-state index contributed by atoms with van der Waals surface area (Å²) in [5.74, 6) is -0.796. The van der Waals surface area contributed by atoms with Crippen LogP contribution < -0.4 is 10.9 Å². The normalized spacial score (nSPS) is 10.4. The first kappa shape index (κ1) is 14.3. The molecule has 0 radical (unpaired) electrons. The molecule has 0 spiro atoms. The molecule has 2 rings (SSSR count). The zero-order chi connectivity index (χ0) is 14.9. The minimum Gasteiger partial charge on any atom is -0.427 e. The van der Waals surface area contributed by atoms with Crippen LogP contribution >= 0.6 is 11.6 Å². The molecule has 104 valence electrons. The van der Waals surface area contributed by atoms with E-state index < -0.39 is 17.3 Å². The standard InChI is InChI=1S/C14H11ClFNO3/c1-7-5-12(18)20-8(2)13(7)14(19)17-9-3-4-11(16)10(15)6-9/h3-6H,1-2H3,(H,17,19). The highest BCUT2D eigenvalue weighted by Crippen LogP contribution is 2.20. The van der Waals surface area contributed by atoms with Gasteiger partial charge in [0.15, 0.2) is 0 Å². The van der Waals surface area contributed by atoms with Crippen molar-refractivity contribution in [3.63, 3.8) is 0 Å². The Balaban J connectivity index is 2.33. The first-order valence-electron chi connectivity index (χ1n) is 5.76. The SMILES string of the molecule is Cc1cc(=O)oc(C)c1C(=O)Nc1ccc(F)c(Cl)c1. The Bertz CT molecular complexity index is 713. The van der Waals surface area contributed by atoms with Crippen molar-refractivity contribution < 1.29 is 13.6 Å². The van der Waals surface area contributed by atoms with E-state index in [9.17, 15) is 14.0 Å². The number of hydrogen-bond acceptors (Lipinski definition) is 3. The van der Waals surface area contributed by atoms with Crippen LogP contribution in [0.1, 0.15) is 21.7 Å². The topological polar surface area (TPSA) is 59.3 Å². The van der Waals surface area contributed by atoms with E-state index in [-0.39, 0.29) is 16.3 Å². The van der Waals surface area contributed by atoms with Crippen molar-refractivity contribution in [2.45, 2.75) is 13.8 Å². The molecule has 0 fully saturated rings. The fourth-order valence-corrected chi connectivity index (χ4v) is 2.04. The van der Waals surface area contributed by atoms with Crippen LogP contribution in [0.4, 0.5) is 10.1 Å². The third-order valence-corrected chi connectivity index (χ3v) is 3.03. The smallest absolute Gasteiger partial charge is 0.336 e.